The summed E-state index contributed by atoms with van der Waals surface area (Å²) in [6, 6.07) is -1.04. The van der Waals surface area contributed by atoms with Crippen molar-refractivity contribution >= 4 is 11.9 Å². The van der Waals surface area contributed by atoms with Crippen LogP contribution in [0, 0.1) is 0 Å². The maximum absolute atomic E-state index is 13.4. The highest BCUT2D eigenvalue weighted by Gasteiger charge is 2.47. The Bertz CT molecular complexity index is 1470. The number of carbonyl (C=O) groups is 2. The fourth-order valence-corrected chi connectivity index (χ4v) is 8.26. The van der Waals surface area contributed by atoms with Gasteiger partial charge in [-0.1, -0.05) is 202 Å². The number of hydrogen-bond acceptors (Lipinski definition) is 10. The van der Waals surface area contributed by atoms with Crippen molar-refractivity contribution in [1.82, 2.24) is 5.32 Å². The Hall–Kier alpha value is -3.16. The molecule has 6 N–H and O–H groups in total. The summed E-state index contributed by atoms with van der Waals surface area (Å²) in [6.07, 6.45) is 50.5. The normalized spacial score (nSPS) is 20.3. The first kappa shape index (κ1) is 65.9. The summed E-state index contributed by atoms with van der Waals surface area (Å²) in [5.74, 6) is -1.25. The Morgan fingerprint density at radius 1 is 0.563 bits per heavy atom. The van der Waals surface area contributed by atoms with E-state index in [2.05, 4.69) is 99.0 Å². The molecule has 0 aromatic carbocycles. The number of aliphatic hydroxyl groups is 5. The Labute approximate surface area is 432 Å². The third kappa shape index (κ3) is 36.4. The first-order chi connectivity index (χ1) is 34.7. The lowest BCUT2D eigenvalue weighted by atomic mass is 9.99. The number of hydrogen-bond donors (Lipinski definition) is 6. The van der Waals surface area contributed by atoms with E-state index in [-0.39, 0.29) is 19.4 Å². The molecule has 71 heavy (non-hydrogen) atoms. The lowest BCUT2D eigenvalue weighted by Crippen LogP contribution is -2.61. The monoisotopic (exact) mass is 998 g/mol. The Morgan fingerprint density at radius 2 is 1.01 bits per heavy atom. The SMILES string of the molecule is CC/C=C/C/C=C/C/C=C/CCCCCCC(=O)OC1C(OCC(NC(=O)C(O)CCCCC/C=C\C/C=C\C/C=C\CCCCC)C(O)/C=C/CCCCCCCCCCCC)OC(CO)C(O)C1O. The van der Waals surface area contributed by atoms with Crippen molar-refractivity contribution in [1.29, 1.82) is 0 Å². The van der Waals surface area contributed by atoms with E-state index in [1.54, 1.807) is 6.08 Å². The number of aliphatic hydroxyl groups excluding tert-OH is 5. The largest absolute Gasteiger partial charge is 0.454 e. The van der Waals surface area contributed by atoms with Crippen LogP contribution in [0.3, 0.4) is 0 Å². The first-order valence-electron chi connectivity index (χ1n) is 28.4. The summed E-state index contributed by atoms with van der Waals surface area (Å²) in [4.78, 5) is 26.4. The van der Waals surface area contributed by atoms with Crippen molar-refractivity contribution in [2.24, 2.45) is 0 Å². The van der Waals surface area contributed by atoms with Crippen LogP contribution in [0.5, 0.6) is 0 Å². The molecule has 0 aliphatic carbocycles. The van der Waals surface area contributed by atoms with Crippen LogP contribution in [-0.4, -0.2) is 99.6 Å². The van der Waals surface area contributed by atoms with Crippen LogP contribution in [-0.2, 0) is 23.8 Å². The van der Waals surface area contributed by atoms with Gasteiger partial charge in [0, 0.05) is 6.42 Å². The zero-order valence-corrected chi connectivity index (χ0v) is 44.8. The molecule has 1 aliphatic rings. The highest BCUT2D eigenvalue weighted by Crippen LogP contribution is 2.26. The highest BCUT2D eigenvalue weighted by molar-refractivity contribution is 5.80. The van der Waals surface area contributed by atoms with Crippen LogP contribution in [0.1, 0.15) is 220 Å². The molecule has 1 rings (SSSR count). The summed E-state index contributed by atoms with van der Waals surface area (Å²) in [7, 11) is 0. The molecule has 8 unspecified atom stereocenters. The molecule has 1 aliphatic heterocycles. The van der Waals surface area contributed by atoms with Gasteiger partial charge in [0.15, 0.2) is 12.4 Å². The molecular weight excluding hydrogens is 895 g/mol. The molecular formula is C60H103NO10. The fraction of sp³-hybridized carbons (Fsp3) is 0.733. The summed E-state index contributed by atoms with van der Waals surface area (Å²) in [5.41, 5.74) is 0. The number of amides is 1. The van der Waals surface area contributed by atoms with E-state index < -0.39 is 67.4 Å². The van der Waals surface area contributed by atoms with Crippen LogP contribution in [0.4, 0.5) is 0 Å². The summed E-state index contributed by atoms with van der Waals surface area (Å²) >= 11 is 0. The van der Waals surface area contributed by atoms with E-state index in [1.165, 1.54) is 64.2 Å². The molecule has 1 amide bonds. The highest BCUT2D eigenvalue weighted by atomic mass is 16.7. The van der Waals surface area contributed by atoms with Gasteiger partial charge in [0.25, 0.3) is 0 Å². The van der Waals surface area contributed by atoms with Crippen molar-refractivity contribution in [2.75, 3.05) is 13.2 Å². The van der Waals surface area contributed by atoms with Gasteiger partial charge < -0.3 is 45.1 Å². The number of carbonyl (C=O) groups excluding carboxylic acids is 2. The standard InChI is InChI=1S/C60H103NO10/c1-4-7-10-13-16-19-22-25-27-28-29-32-35-38-41-44-47-53(64)59(68)61-51(52(63)46-43-40-37-34-31-24-21-18-15-12-9-6-3)50-69-60-58(57(67)56(66)54(49-62)70-60)71-55(65)48-45-42-39-36-33-30-26-23-20-17-14-11-8-5-2/h8,11,16-17,19-20,25-27,29-30,32,43,46,51-54,56-58,60,62-64,66-67H,4-7,9-10,12-15,18,21-24,28,31,33-42,44-45,47-50H2,1-3H3,(H,61,68)/b11-8+,19-16-,20-17+,27-25-,30-26+,32-29-,46-43+. The van der Waals surface area contributed by atoms with Gasteiger partial charge >= 0.3 is 5.97 Å². The number of rotatable bonds is 46. The van der Waals surface area contributed by atoms with Crippen LogP contribution < -0.4 is 5.32 Å². The molecule has 0 saturated carbocycles. The van der Waals surface area contributed by atoms with Crippen LogP contribution in [0.15, 0.2) is 85.1 Å². The van der Waals surface area contributed by atoms with Crippen LogP contribution in [0.2, 0.25) is 0 Å². The molecule has 1 heterocycles. The molecule has 0 spiro atoms. The number of unbranched alkanes of at least 4 members (excludes halogenated alkanes) is 20. The predicted molar refractivity (Wildman–Crippen MR) is 292 cm³/mol. The van der Waals surface area contributed by atoms with Gasteiger partial charge in [-0.3, -0.25) is 9.59 Å². The van der Waals surface area contributed by atoms with E-state index in [0.717, 1.165) is 109 Å². The zero-order valence-electron chi connectivity index (χ0n) is 44.8. The van der Waals surface area contributed by atoms with Gasteiger partial charge in [0.05, 0.1) is 25.4 Å². The Balaban J connectivity index is 2.78. The molecule has 0 aromatic heterocycles. The van der Waals surface area contributed by atoms with Crippen molar-refractivity contribution in [3.63, 3.8) is 0 Å². The minimum atomic E-state index is -1.63. The maximum atomic E-state index is 13.4. The lowest BCUT2D eigenvalue weighted by Gasteiger charge is -2.41. The summed E-state index contributed by atoms with van der Waals surface area (Å²) in [6.45, 7) is 5.59. The molecule has 0 aromatic rings. The molecule has 1 fully saturated rings. The number of nitrogens with one attached hydrogen (secondary N) is 1. The van der Waals surface area contributed by atoms with Crippen LogP contribution >= 0.6 is 0 Å². The molecule has 0 bridgehead atoms. The van der Waals surface area contributed by atoms with E-state index >= 15 is 0 Å². The quantitative estimate of drug-likeness (QED) is 0.0196. The topological polar surface area (TPSA) is 175 Å². The van der Waals surface area contributed by atoms with Crippen LogP contribution in [0.25, 0.3) is 0 Å². The Kier molecular flexibility index (Phi) is 44.4. The second kappa shape index (κ2) is 47.8. The van der Waals surface area contributed by atoms with Gasteiger partial charge in [0.2, 0.25) is 5.91 Å². The average molecular weight is 998 g/mol. The lowest BCUT2D eigenvalue weighted by molar-refractivity contribution is -0.305. The molecule has 11 heteroatoms. The zero-order chi connectivity index (χ0) is 51.8. The van der Waals surface area contributed by atoms with E-state index in [9.17, 15) is 35.1 Å². The van der Waals surface area contributed by atoms with Gasteiger partial charge in [-0.2, -0.15) is 0 Å². The summed E-state index contributed by atoms with van der Waals surface area (Å²) < 4.78 is 17.5. The third-order valence-corrected chi connectivity index (χ3v) is 12.8. The van der Waals surface area contributed by atoms with Gasteiger partial charge in [0.1, 0.15) is 24.4 Å². The predicted octanol–water partition coefficient (Wildman–Crippen LogP) is 12.6. The molecule has 1 saturated heterocycles. The second-order valence-corrected chi connectivity index (χ2v) is 19.3. The summed E-state index contributed by atoms with van der Waals surface area (Å²) in [5, 5.41) is 56.7. The second-order valence-electron chi connectivity index (χ2n) is 19.3. The van der Waals surface area contributed by atoms with Crippen molar-refractivity contribution in [2.45, 2.75) is 269 Å². The third-order valence-electron chi connectivity index (χ3n) is 12.8. The van der Waals surface area contributed by atoms with Crippen molar-refractivity contribution < 1.29 is 49.3 Å². The molecule has 11 nitrogen and oxygen atoms in total. The van der Waals surface area contributed by atoms with E-state index in [4.69, 9.17) is 14.2 Å². The number of ether oxygens (including phenoxy) is 3. The smallest absolute Gasteiger partial charge is 0.306 e. The van der Waals surface area contributed by atoms with Crippen molar-refractivity contribution in [3.05, 3.63) is 85.1 Å². The van der Waals surface area contributed by atoms with Gasteiger partial charge in [-0.05, 0) is 96.3 Å². The minimum Gasteiger partial charge on any atom is -0.454 e. The maximum Gasteiger partial charge on any atom is 0.306 e. The fourth-order valence-electron chi connectivity index (χ4n) is 8.26. The average Bonchev–Trinajstić information content (AvgIpc) is 3.37. The van der Waals surface area contributed by atoms with Crippen molar-refractivity contribution in [3.8, 4) is 0 Å². The molecule has 8 atom stereocenters. The molecule has 0 radical (unpaired) electrons. The number of allylic oxidation sites excluding steroid dienone is 13. The van der Waals surface area contributed by atoms with E-state index in [0.29, 0.717) is 12.8 Å². The van der Waals surface area contributed by atoms with Gasteiger partial charge in [-0.15, -0.1) is 0 Å². The van der Waals surface area contributed by atoms with Gasteiger partial charge in [-0.25, -0.2) is 0 Å². The minimum absolute atomic E-state index is 0.0908. The molecule has 408 valence electrons. The number of esters is 1. The van der Waals surface area contributed by atoms with E-state index in [1.807, 2.05) is 6.08 Å². The first-order valence-corrected chi connectivity index (χ1v) is 28.4. The Morgan fingerprint density at radius 3 is 1.55 bits per heavy atom.